The fraction of sp³-hybridized carbons (Fsp3) is 0.278. The van der Waals surface area contributed by atoms with Crippen LogP contribution in [0.4, 0.5) is 5.69 Å². The number of amides is 1. The van der Waals surface area contributed by atoms with Crippen molar-refractivity contribution in [3.63, 3.8) is 0 Å². The van der Waals surface area contributed by atoms with Gasteiger partial charge in [-0.2, -0.15) is 0 Å². The zero-order valence-electron chi connectivity index (χ0n) is 15.3. The molecule has 0 bridgehead atoms. The quantitative estimate of drug-likeness (QED) is 0.630. The van der Waals surface area contributed by atoms with Crippen LogP contribution in [0.15, 0.2) is 47.4 Å². The van der Waals surface area contributed by atoms with E-state index in [9.17, 15) is 13.2 Å². The Morgan fingerprint density at radius 1 is 1.04 bits per heavy atom. The number of ether oxygens (including phenoxy) is 3. The Morgan fingerprint density at radius 2 is 1.78 bits per heavy atom. The summed E-state index contributed by atoms with van der Waals surface area (Å²) < 4.78 is 43.3. The van der Waals surface area contributed by atoms with E-state index in [0.717, 1.165) is 0 Å². The van der Waals surface area contributed by atoms with Crippen molar-refractivity contribution < 1.29 is 27.4 Å². The minimum atomic E-state index is -4.03. The molecule has 146 valence electrons. The third-order valence-electron chi connectivity index (χ3n) is 3.67. The molecule has 2 N–H and O–H groups in total. The van der Waals surface area contributed by atoms with Gasteiger partial charge in [0, 0.05) is 19.7 Å². The van der Waals surface area contributed by atoms with Gasteiger partial charge in [-0.05, 0) is 24.3 Å². The van der Waals surface area contributed by atoms with Crippen LogP contribution in [0.5, 0.6) is 11.5 Å². The van der Waals surface area contributed by atoms with E-state index in [1.165, 1.54) is 45.6 Å². The van der Waals surface area contributed by atoms with Gasteiger partial charge in [-0.15, -0.1) is 0 Å². The van der Waals surface area contributed by atoms with Crippen molar-refractivity contribution in [2.75, 3.05) is 39.2 Å². The maximum absolute atomic E-state index is 12.9. The van der Waals surface area contributed by atoms with Crippen LogP contribution in [0.2, 0.25) is 0 Å². The molecule has 8 nitrogen and oxygen atoms in total. The SMILES string of the molecule is COCCNC(=O)c1ccccc1NS(=O)(=O)c1cc(OC)ccc1OC. The highest BCUT2D eigenvalue weighted by molar-refractivity contribution is 7.92. The molecule has 1 amide bonds. The van der Waals surface area contributed by atoms with Crippen LogP contribution in [-0.2, 0) is 14.8 Å². The number of hydrogen-bond donors (Lipinski definition) is 2. The molecule has 27 heavy (non-hydrogen) atoms. The second-order valence-electron chi connectivity index (χ2n) is 5.42. The van der Waals surface area contributed by atoms with Gasteiger partial charge in [-0.25, -0.2) is 8.42 Å². The van der Waals surface area contributed by atoms with Gasteiger partial charge in [0.2, 0.25) is 0 Å². The lowest BCUT2D eigenvalue weighted by molar-refractivity contribution is 0.0938. The van der Waals surface area contributed by atoms with E-state index in [-0.39, 0.29) is 21.9 Å². The highest BCUT2D eigenvalue weighted by atomic mass is 32.2. The van der Waals surface area contributed by atoms with Crippen LogP contribution < -0.4 is 19.5 Å². The summed E-state index contributed by atoms with van der Waals surface area (Å²) in [6, 6.07) is 10.8. The van der Waals surface area contributed by atoms with Crippen LogP contribution in [0, 0.1) is 0 Å². The van der Waals surface area contributed by atoms with Crippen LogP contribution >= 0.6 is 0 Å². The Bertz CT molecular complexity index is 898. The summed E-state index contributed by atoms with van der Waals surface area (Å²) in [6.07, 6.45) is 0. The zero-order valence-corrected chi connectivity index (χ0v) is 16.1. The van der Waals surface area contributed by atoms with Crippen molar-refractivity contribution in [3.8, 4) is 11.5 Å². The van der Waals surface area contributed by atoms with Crippen LogP contribution in [0.3, 0.4) is 0 Å². The summed E-state index contributed by atoms with van der Waals surface area (Å²) >= 11 is 0. The molecule has 0 aromatic heterocycles. The van der Waals surface area contributed by atoms with Gasteiger partial charge < -0.3 is 19.5 Å². The molecular formula is C18H22N2O6S. The number of hydrogen-bond acceptors (Lipinski definition) is 6. The van der Waals surface area contributed by atoms with Gasteiger partial charge in [-0.3, -0.25) is 9.52 Å². The molecule has 0 saturated heterocycles. The number of sulfonamides is 1. The lowest BCUT2D eigenvalue weighted by atomic mass is 10.2. The topological polar surface area (TPSA) is 103 Å². The molecule has 0 aliphatic carbocycles. The minimum Gasteiger partial charge on any atom is -0.497 e. The fourth-order valence-corrected chi connectivity index (χ4v) is 3.59. The van der Waals surface area contributed by atoms with E-state index in [1.54, 1.807) is 18.2 Å². The standard InChI is InChI=1S/C18H22N2O6S/c1-24-11-10-19-18(21)14-6-4-5-7-15(14)20-27(22,23)17-12-13(25-2)8-9-16(17)26-3/h4-9,12,20H,10-11H2,1-3H3,(H,19,21). The van der Waals surface area contributed by atoms with Gasteiger partial charge in [0.25, 0.3) is 15.9 Å². The number of benzene rings is 2. The summed E-state index contributed by atoms with van der Waals surface area (Å²) in [5.41, 5.74) is 0.344. The second-order valence-corrected chi connectivity index (χ2v) is 7.07. The smallest absolute Gasteiger partial charge is 0.265 e. The third kappa shape index (κ3) is 5.11. The van der Waals surface area contributed by atoms with Gasteiger partial charge in [0.05, 0.1) is 32.1 Å². The summed E-state index contributed by atoms with van der Waals surface area (Å²) in [4.78, 5) is 12.2. The van der Waals surface area contributed by atoms with Gasteiger partial charge in [-0.1, -0.05) is 12.1 Å². The van der Waals surface area contributed by atoms with Crippen molar-refractivity contribution >= 4 is 21.6 Å². The molecule has 0 saturated carbocycles. The Balaban J connectivity index is 2.35. The second kappa shape index (κ2) is 9.24. The largest absolute Gasteiger partial charge is 0.497 e. The molecule has 9 heteroatoms. The Kier molecular flexibility index (Phi) is 7.03. The number of carbonyl (C=O) groups excluding carboxylic acids is 1. The third-order valence-corrected chi connectivity index (χ3v) is 5.05. The minimum absolute atomic E-state index is 0.0982. The average molecular weight is 394 g/mol. The van der Waals surface area contributed by atoms with E-state index in [2.05, 4.69) is 10.0 Å². The molecule has 0 atom stereocenters. The maximum atomic E-state index is 12.9. The van der Waals surface area contributed by atoms with Crippen molar-refractivity contribution in [2.45, 2.75) is 4.90 Å². The number of para-hydroxylation sites is 1. The Hall–Kier alpha value is -2.78. The lowest BCUT2D eigenvalue weighted by Crippen LogP contribution is -2.28. The average Bonchev–Trinajstić information content (AvgIpc) is 2.67. The monoisotopic (exact) mass is 394 g/mol. The summed E-state index contributed by atoms with van der Waals surface area (Å²) in [7, 11) is 0.303. The van der Waals surface area contributed by atoms with Gasteiger partial charge in [0.1, 0.15) is 16.4 Å². The van der Waals surface area contributed by atoms with Gasteiger partial charge >= 0.3 is 0 Å². The predicted molar refractivity (Wildman–Crippen MR) is 101 cm³/mol. The van der Waals surface area contributed by atoms with Gasteiger partial charge in [0.15, 0.2) is 0 Å². The van der Waals surface area contributed by atoms with Crippen LogP contribution in [0.1, 0.15) is 10.4 Å². The molecule has 0 spiro atoms. The van der Waals surface area contributed by atoms with Crippen LogP contribution in [-0.4, -0.2) is 48.8 Å². The van der Waals surface area contributed by atoms with E-state index in [1.807, 2.05) is 0 Å². The van der Waals surface area contributed by atoms with Crippen molar-refractivity contribution in [1.82, 2.24) is 5.32 Å². The zero-order chi connectivity index (χ0) is 19.9. The highest BCUT2D eigenvalue weighted by Gasteiger charge is 2.23. The first-order chi connectivity index (χ1) is 12.9. The Morgan fingerprint density at radius 3 is 2.44 bits per heavy atom. The molecule has 2 rings (SSSR count). The first-order valence-corrected chi connectivity index (χ1v) is 9.52. The summed E-state index contributed by atoms with van der Waals surface area (Å²) in [5.74, 6) is 0.107. The maximum Gasteiger partial charge on any atom is 0.265 e. The van der Waals surface area contributed by atoms with Crippen molar-refractivity contribution in [2.24, 2.45) is 0 Å². The molecule has 2 aromatic carbocycles. The van der Waals surface area contributed by atoms with E-state index >= 15 is 0 Å². The first kappa shape index (κ1) is 20.5. The first-order valence-electron chi connectivity index (χ1n) is 8.04. The lowest BCUT2D eigenvalue weighted by Gasteiger charge is -2.15. The molecular weight excluding hydrogens is 372 g/mol. The Labute approximate surface area is 158 Å². The molecule has 0 aliphatic rings. The van der Waals surface area contributed by atoms with E-state index in [0.29, 0.717) is 18.9 Å². The normalized spacial score (nSPS) is 10.9. The number of carbonyl (C=O) groups is 1. The summed E-state index contributed by atoms with van der Waals surface area (Å²) in [5, 5.41) is 2.66. The molecule has 0 radical (unpaired) electrons. The van der Waals surface area contributed by atoms with E-state index in [4.69, 9.17) is 14.2 Å². The molecule has 2 aromatic rings. The van der Waals surface area contributed by atoms with Crippen LogP contribution in [0.25, 0.3) is 0 Å². The number of anilines is 1. The number of nitrogens with one attached hydrogen (secondary N) is 2. The van der Waals surface area contributed by atoms with E-state index < -0.39 is 15.9 Å². The summed E-state index contributed by atoms with van der Waals surface area (Å²) in [6.45, 7) is 0.654. The highest BCUT2D eigenvalue weighted by Crippen LogP contribution is 2.30. The van der Waals surface area contributed by atoms with Crippen molar-refractivity contribution in [3.05, 3.63) is 48.0 Å². The van der Waals surface area contributed by atoms with Crippen molar-refractivity contribution in [1.29, 1.82) is 0 Å². The number of rotatable bonds is 9. The fourth-order valence-electron chi connectivity index (χ4n) is 2.33. The molecule has 0 aliphatic heterocycles. The molecule has 0 fully saturated rings. The molecule has 0 unspecified atom stereocenters. The number of methoxy groups -OCH3 is 3. The molecule has 0 heterocycles. The predicted octanol–water partition coefficient (Wildman–Crippen LogP) is 1.88.